The van der Waals surface area contributed by atoms with Crippen LogP contribution in [-0.4, -0.2) is 53.2 Å². The molecule has 4 rings (SSSR count). The number of hydrogen-bond donors (Lipinski definition) is 2. The first-order valence-corrected chi connectivity index (χ1v) is 12.5. The van der Waals surface area contributed by atoms with E-state index in [1.54, 1.807) is 4.90 Å². The normalized spacial score (nSPS) is 20.0. The summed E-state index contributed by atoms with van der Waals surface area (Å²) < 4.78 is 5.66. The summed E-state index contributed by atoms with van der Waals surface area (Å²) in [5.74, 6) is -1.28. The van der Waals surface area contributed by atoms with Gasteiger partial charge in [0.25, 0.3) is 0 Å². The maximum Gasteiger partial charge on any atom is 0.407 e. The first-order valence-electron chi connectivity index (χ1n) is 12.5. The van der Waals surface area contributed by atoms with E-state index in [9.17, 15) is 19.5 Å². The summed E-state index contributed by atoms with van der Waals surface area (Å²) in [7, 11) is 0. The van der Waals surface area contributed by atoms with Crippen molar-refractivity contribution in [3.8, 4) is 11.1 Å². The molecule has 2 aromatic carbocycles. The van der Waals surface area contributed by atoms with Crippen molar-refractivity contribution in [1.29, 1.82) is 0 Å². The molecule has 7 nitrogen and oxygen atoms in total. The first-order chi connectivity index (χ1) is 16.9. The molecule has 1 aliphatic carbocycles. The van der Waals surface area contributed by atoms with Crippen LogP contribution < -0.4 is 5.32 Å². The number of aliphatic carboxylic acids is 1. The van der Waals surface area contributed by atoms with Crippen molar-refractivity contribution in [3.63, 3.8) is 0 Å². The molecule has 1 heterocycles. The predicted molar refractivity (Wildman–Crippen MR) is 133 cm³/mol. The maximum atomic E-state index is 13.0. The van der Waals surface area contributed by atoms with Crippen molar-refractivity contribution < 1.29 is 24.2 Å². The first kappa shape index (κ1) is 24.8. The van der Waals surface area contributed by atoms with Gasteiger partial charge in [0, 0.05) is 31.0 Å². The highest BCUT2D eigenvalue weighted by atomic mass is 16.5. The Balaban J connectivity index is 1.34. The molecule has 2 amide bonds. The summed E-state index contributed by atoms with van der Waals surface area (Å²) in [5.41, 5.74) is 4.65. The van der Waals surface area contributed by atoms with Crippen LogP contribution in [0, 0.1) is 5.92 Å². The topological polar surface area (TPSA) is 95.9 Å². The van der Waals surface area contributed by atoms with Gasteiger partial charge in [0.1, 0.15) is 6.61 Å². The summed E-state index contributed by atoms with van der Waals surface area (Å²) in [5, 5.41) is 12.2. The SMILES string of the molecule is CCCC(CC(=O)N1CCC(C(=O)O)CC1C)NC(=O)OCC1c2ccccc2-c2ccccc21. The molecule has 35 heavy (non-hydrogen) atoms. The molecule has 0 saturated carbocycles. The van der Waals surface area contributed by atoms with E-state index in [0.717, 1.165) is 17.5 Å². The van der Waals surface area contributed by atoms with E-state index >= 15 is 0 Å². The fraction of sp³-hybridized carbons (Fsp3) is 0.464. The Kier molecular flexibility index (Phi) is 7.73. The van der Waals surface area contributed by atoms with Crippen LogP contribution in [0.25, 0.3) is 11.1 Å². The number of piperidine rings is 1. The summed E-state index contributed by atoms with van der Waals surface area (Å²) in [6.45, 7) is 4.56. The average molecular weight is 479 g/mol. The third kappa shape index (κ3) is 5.50. The molecule has 3 unspecified atom stereocenters. The van der Waals surface area contributed by atoms with Crippen molar-refractivity contribution in [2.24, 2.45) is 5.92 Å². The molecule has 3 atom stereocenters. The Morgan fingerprint density at radius 3 is 2.29 bits per heavy atom. The molecule has 1 saturated heterocycles. The zero-order valence-electron chi connectivity index (χ0n) is 20.4. The van der Waals surface area contributed by atoms with E-state index in [1.807, 2.05) is 38.1 Å². The number of alkyl carbamates (subject to hydrolysis) is 1. The van der Waals surface area contributed by atoms with E-state index < -0.39 is 18.0 Å². The zero-order valence-corrected chi connectivity index (χ0v) is 20.4. The van der Waals surface area contributed by atoms with Gasteiger partial charge in [0.15, 0.2) is 0 Å². The lowest BCUT2D eigenvalue weighted by molar-refractivity contribution is -0.147. The summed E-state index contributed by atoms with van der Waals surface area (Å²) in [4.78, 5) is 38.7. The number of carbonyl (C=O) groups is 3. The number of amides is 2. The predicted octanol–water partition coefficient (Wildman–Crippen LogP) is 4.80. The molecule has 0 spiro atoms. The van der Waals surface area contributed by atoms with Gasteiger partial charge >= 0.3 is 12.1 Å². The second-order valence-corrected chi connectivity index (χ2v) is 9.66. The Labute approximate surface area is 206 Å². The Hall–Kier alpha value is -3.35. The summed E-state index contributed by atoms with van der Waals surface area (Å²) in [6.07, 6.45) is 2.06. The quantitative estimate of drug-likeness (QED) is 0.568. The van der Waals surface area contributed by atoms with Gasteiger partial charge < -0.3 is 20.1 Å². The van der Waals surface area contributed by atoms with Gasteiger partial charge in [-0.15, -0.1) is 0 Å². The zero-order chi connectivity index (χ0) is 24.9. The van der Waals surface area contributed by atoms with E-state index in [4.69, 9.17) is 4.74 Å². The van der Waals surface area contributed by atoms with Crippen LogP contribution in [0.4, 0.5) is 4.79 Å². The average Bonchev–Trinajstić information content (AvgIpc) is 3.16. The monoisotopic (exact) mass is 478 g/mol. The Bertz CT molecular complexity index is 1040. The summed E-state index contributed by atoms with van der Waals surface area (Å²) in [6, 6.07) is 15.9. The van der Waals surface area contributed by atoms with E-state index in [-0.39, 0.29) is 36.9 Å². The van der Waals surface area contributed by atoms with Crippen molar-refractivity contribution in [1.82, 2.24) is 10.2 Å². The lowest BCUT2D eigenvalue weighted by Crippen LogP contribution is -2.48. The van der Waals surface area contributed by atoms with Crippen LogP contribution in [-0.2, 0) is 14.3 Å². The molecule has 0 aromatic heterocycles. The van der Waals surface area contributed by atoms with Crippen LogP contribution in [0.3, 0.4) is 0 Å². The fourth-order valence-electron chi connectivity index (χ4n) is 5.48. The third-order valence-corrected chi connectivity index (χ3v) is 7.27. The van der Waals surface area contributed by atoms with Crippen molar-refractivity contribution >= 4 is 18.0 Å². The van der Waals surface area contributed by atoms with Crippen LogP contribution in [0.5, 0.6) is 0 Å². The van der Waals surface area contributed by atoms with Crippen LogP contribution in [0.2, 0.25) is 0 Å². The number of nitrogens with one attached hydrogen (secondary N) is 1. The largest absolute Gasteiger partial charge is 0.481 e. The molecule has 0 bridgehead atoms. The third-order valence-electron chi connectivity index (χ3n) is 7.27. The van der Waals surface area contributed by atoms with Gasteiger partial charge in [0.05, 0.1) is 5.92 Å². The molecular formula is C28H34N2O5. The minimum absolute atomic E-state index is 0.0178. The van der Waals surface area contributed by atoms with E-state index in [2.05, 4.69) is 29.6 Å². The Morgan fingerprint density at radius 2 is 1.71 bits per heavy atom. The van der Waals surface area contributed by atoms with Gasteiger partial charge in [-0.1, -0.05) is 61.9 Å². The lowest BCUT2D eigenvalue weighted by atomic mass is 9.91. The van der Waals surface area contributed by atoms with Gasteiger partial charge in [0.2, 0.25) is 5.91 Å². The second-order valence-electron chi connectivity index (χ2n) is 9.66. The number of benzene rings is 2. The number of fused-ring (bicyclic) bond motifs is 3. The fourth-order valence-corrected chi connectivity index (χ4v) is 5.48. The van der Waals surface area contributed by atoms with E-state index in [1.165, 1.54) is 11.1 Å². The van der Waals surface area contributed by atoms with Gasteiger partial charge in [-0.3, -0.25) is 9.59 Å². The van der Waals surface area contributed by atoms with Gasteiger partial charge in [-0.2, -0.15) is 0 Å². The second kappa shape index (κ2) is 10.9. The van der Waals surface area contributed by atoms with Gasteiger partial charge in [-0.05, 0) is 48.4 Å². The number of carbonyl (C=O) groups excluding carboxylic acids is 2. The molecular weight excluding hydrogens is 444 g/mol. The molecule has 1 fully saturated rings. The molecule has 7 heteroatoms. The van der Waals surface area contributed by atoms with Crippen molar-refractivity contribution in [3.05, 3.63) is 59.7 Å². The molecule has 2 aliphatic rings. The Morgan fingerprint density at radius 1 is 1.09 bits per heavy atom. The van der Waals surface area contributed by atoms with Crippen molar-refractivity contribution in [2.75, 3.05) is 13.2 Å². The molecule has 186 valence electrons. The van der Waals surface area contributed by atoms with E-state index in [0.29, 0.717) is 25.8 Å². The van der Waals surface area contributed by atoms with Crippen LogP contribution in [0.15, 0.2) is 48.5 Å². The lowest BCUT2D eigenvalue weighted by Gasteiger charge is -2.37. The summed E-state index contributed by atoms with van der Waals surface area (Å²) >= 11 is 0. The van der Waals surface area contributed by atoms with Crippen LogP contribution in [0.1, 0.15) is 63.0 Å². The number of nitrogens with zero attached hydrogens (tertiary/aromatic N) is 1. The smallest absolute Gasteiger partial charge is 0.407 e. The number of rotatable bonds is 8. The number of likely N-dealkylation sites (tertiary alicyclic amines) is 1. The minimum Gasteiger partial charge on any atom is -0.481 e. The number of carboxylic acids is 1. The molecule has 2 aromatic rings. The minimum atomic E-state index is -0.801. The van der Waals surface area contributed by atoms with Gasteiger partial charge in [-0.25, -0.2) is 4.79 Å². The number of carboxylic acid groups (broad SMARTS) is 1. The molecule has 0 radical (unpaired) electrons. The molecule has 2 N–H and O–H groups in total. The highest BCUT2D eigenvalue weighted by molar-refractivity contribution is 5.80. The number of hydrogen-bond acceptors (Lipinski definition) is 4. The van der Waals surface area contributed by atoms with Crippen molar-refractivity contribution in [2.45, 2.75) is 64.0 Å². The highest BCUT2D eigenvalue weighted by Gasteiger charge is 2.33. The molecule has 1 aliphatic heterocycles. The van der Waals surface area contributed by atoms with Crippen LogP contribution >= 0.6 is 0 Å². The number of ether oxygens (including phenoxy) is 1. The highest BCUT2D eigenvalue weighted by Crippen LogP contribution is 2.44. The standard InChI is InChI=1S/C28H34N2O5/c1-3-8-20(16-26(31)30-14-13-19(27(32)33)15-18(30)2)29-28(34)35-17-25-23-11-6-4-9-21(23)22-10-5-7-12-24(22)25/h4-7,9-12,18-20,25H,3,8,13-17H2,1-2H3,(H,29,34)(H,32,33). The maximum absolute atomic E-state index is 13.0.